The summed E-state index contributed by atoms with van der Waals surface area (Å²) >= 11 is 0. The number of rotatable bonds is 7. The molecular formula is C20H24N4O4. The van der Waals surface area contributed by atoms with Crippen molar-refractivity contribution < 1.29 is 18.7 Å². The van der Waals surface area contributed by atoms with E-state index < -0.39 is 0 Å². The van der Waals surface area contributed by atoms with Gasteiger partial charge in [0.25, 0.3) is 5.91 Å². The maximum Gasteiger partial charge on any atom is 0.273 e. The van der Waals surface area contributed by atoms with E-state index in [0.29, 0.717) is 17.4 Å². The van der Waals surface area contributed by atoms with Crippen LogP contribution in [0, 0.1) is 13.8 Å². The van der Waals surface area contributed by atoms with Gasteiger partial charge in [-0.2, -0.15) is 5.10 Å². The van der Waals surface area contributed by atoms with Gasteiger partial charge in [0.1, 0.15) is 6.26 Å². The van der Waals surface area contributed by atoms with Crippen molar-refractivity contribution in [1.29, 1.82) is 0 Å². The van der Waals surface area contributed by atoms with Gasteiger partial charge in [-0.1, -0.05) is 6.07 Å². The molecule has 0 bridgehead atoms. The molecule has 1 N–H and O–H groups in total. The fourth-order valence-electron chi connectivity index (χ4n) is 2.91. The monoisotopic (exact) mass is 384 g/mol. The number of ether oxygens (including phenoxy) is 2. The van der Waals surface area contributed by atoms with Crippen LogP contribution in [0.3, 0.4) is 0 Å². The van der Waals surface area contributed by atoms with Crippen LogP contribution in [-0.2, 0) is 13.7 Å². The Bertz CT molecular complexity index is 976. The number of aryl methyl sites for hydroxylation is 3. The molecule has 0 aliphatic rings. The summed E-state index contributed by atoms with van der Waals surface area (Å²) < 4.78 is 18.1. The zero-order chi connectivity index (χ0) is 20.3. The highest BCUT2D eigenvalue weighted by atomic mass is 16.5. The van der Waals surface area contributed by atoms with Crippen LogP contribution in [0.15, 0.2) is 35.1 Å². The molecule has 0 saturated carbocycles. The molecule has 1 atom stereocenters. The third kappa shape index (κ3) is 4.33. The van der Waals surface area contributed by atoms with Crippen molar-refractivity contribution in [1.82, 2.24) is 20.1 Å². The number of nitrogens with zero attached hydrogens (tertiary/aromatic N) is 3. The summed E-state index contributed by atoms with van der Waals surface area (Å²) in [5.41, 5.74) is 3.09. The minimum Gasteiger partial charge on any atom is -0.493 e. The highest BCUT2D eigenvalue weighted by Crippen LogP contribution is 2.28. The molecule has 0 aliphatic heterocycles. The van der Waals surface area contributed by atoms with Gasteiger partial charge in [-0.05, 0) is 38.5 Å². The van der Waals surface area contributed by atoms with Crippen LogP contribution in [0.2, 0.25) is 0 Å². The topological polar surface area (TPSA) is 91.4 Å². The Morgan fingerprint density at radius 2 is 2.11 bits per heavy atom. The molecule has 8 nitrogen and oxygen atoms in total. The zero-order valence-electron chi connectivity index (χ0n) is 16.6. The molecule has 0 spiro atoms. The van der Waals surface area contributed by atoms with Crippen LogP contribution < -0.4 is 14.8 Å². The van der Waals surface area contributed by atoms with Gasteiger partial charge in [-0.15, -0.1) is 0 Å². The number of benzene rings is 1. The van der Waals surface area contributed by atoms with Gasteiger partial charge in [-0.25, -0.2) is 4.98 Å². The molecule has 8 heteroatoms. The number of hydrogen-bond acceptors (Lipinski definition) is 6. The van der Waals surface area contributed by atoms with Crippen molar-refractivity contribution in [3.05, 3.63) is 59.1 Å². The molecule has 1 aromatic carbocycles. The predicted octanol–water partition coefficient (Wildman–Crippen LogP) is 3.10. The number of carbonyl (C=O) groups excluding carboxylic acids is 1. The molecule has 0 saturated heterocycles. The van der Waals surface area contributed by atoms with Gasteiger partial charge in [0.05, 0.1) is 18.8 Å². The SMILES string of the molecule is COc1cc(C)ccc1OCc1nc(C(=O)N[C@@H](C)c2cn(C)nc2C)co1. The molecule has 0 radical (unpaired) electrons. The Morgan fingerprint density at radius 3 is 2.79 bits per heavy atom. The number of hydrogen-bond donors (Lipinski definition) is 1. The molecule has 0 aliphatic carbocycles. The summed E-state index contributed by atoms with van der Waals surface area (Å²) in [4.78, 5) is 16.7. The summed E-state index contributed by atoms with van der Waals surface area (Å²) in [6, 6.07) is 5.43. The molecule has 2 heterocycles. The molecule has 0 unspecified atom stereocenters. The van der Waals surface area contributed by atoms with Crippen molar-refractivity contribution in [2.75, 3.05) is 7.11 Å². The number of oxazole rings is 1. The number of nitrogens with one attached hydrogen (secondary N) is 1. The van der Waals surface area contributed by atoms with Crippen LogP contribution >= 0.6 is 0 Å². The first-order valence-corrected chi connectivity index (χ1v) is 8.90. The van der Waals surface area contributed by atoms with E-state index in [1.807, 2.05) is 52.2 Å². The number of aromatic nitrogens is 3. The second-order valence-electron chi connectivity index (χ2n) is 6.61. The van der Waals surface area contributed by atoms with E-state index in [9.17, 15) is 4.79 Å². The average Bonchev–Trinajstić information content (AvgIpc) is 3.26. The lowest BCUT2D eigenvalue weighted by molar-refractivity contribution is 0.0934. The van der Waals surface area contributed by atoms with Crippen LogP contribution in [0.25, 0.3) is 0 Å². The molecule has 0 fully saturated rings. The van der Waals surface area contributed by atoms with E-state index in [1.165, 1.54) is 6.26 Å². The predicted molar refractivity (Wildman–Crippen MR) is 102 cm³/mol. The first-order valence-electron chi connectivity index (χ1n) is 8.90. The van der Waals surface area contributed by atoms with Crippen molar-refractivity contribution >= 4 is 5.91 Å². The lowest BCUT2D eigenvalue weighted by atomic mass is 10.1. The standard InChI is InChI=1S/C20H24N4O4/c1-12-6-7-17(18(8-12)26-5)27-11-19-22-16(10-28-19)20(25)21-13(2)15-9-24(4)23-14(15)3/h6-10,13H,11H2,1-5H3,(H,21,25)/t13-/m0/s1. The van der Waals surface area contributed by atoms with E-state index in [2.05, 4.69) is 15.4 Å². The van der Waals surface area contributed by atoms with Gasteiger partial charge >= 0.3 is 0 Å². The molecule has 28 heavy (non-hydrogen) atoms. The Labute approximate surface area is 163 Å². The minimum absolute atomic E-state index is 0.0873. The summed E-state index contributed by atoms with van der Waals surface area (Å²) in [7, 11) is 3.43. The largest absolute Gasteiger partial charge is 0.493 e. The van der Waals surface area contributed by atoms with E-state index >= 15 is 0 Å². The quantitative estimate of drug-likeness (QED) is 0.673. The molecule has 148 valence electrons. The molecule has 2 aromatic heterocycles. The molecule has 1 amide bonds. The van der Waals surface area contributed by atoms with Gasteiger partial charge in [-0.3, -0.25) is 9.48 Å². The highest BCUT2D eigenvalue weighted by molar-refractivity contribution is 5.92. The van der Waals surface area contributed by atoms with Crippen LogP contribution in [0.5, 0.6) is 11.5 Å². The fourth-order valence-corrected chi connectivity index (χ4v) is 2.91. The van der Waals surface area contributed by atoms with Crippen molar-refractivity contribution in [3.8, 4) is 11.5 Å². The fraction of sp³-hybridized carbons (Fsp3) is 0.350. The van der Waals surface area contributed by atoms with Crippen LogP contribution in [0.4, 0.5) is 0 Å². The summed E-state index contributed by atoms with van der Waals surface area (Å²) in [6.07, 6.45) is 3.21. The summed E-state index contributed by atoms with van der Waals surface area (Å²) in [6.45, 7) is 5.86. The minimum atomic E-state index is -0.321. The van der Waals surface area contributed by atoms with E-state index in [0.717, 1.165) is 16.8 Å². The van der Waals surface area contributed by atoms with Crippen molar-refractivity contribution in [2.24, 2.45) is 7.05 Å². The first-order chi connectivity index (χ1) is 13.4. The number of amides is 1. The maximum absolute atomic E-state index is 12.5. The Balaban J connectivity index is 1.62. The third-order valence-corrected chi connectivity index (χ3v) is 4.32. The van der Waals surface area contributed by atoms with Gasteiger partial charge in [0.15, 0.2) is 23.8 Å². The zero-order valence-corrected chi connectivity index (χ0v) is 16.6. The van der Waals surface area contributed by atoms with Gasteiger partial charge in [0, 0.05) is 18.8 Å². The summed E-state index contributed by atoms with van der Waals surface area (Å²) in [5.74, 6) is 1.19. The normalized spacial score (nSPS) is 11.9. The van der Waals surface area contributed by atoms with E-state index in [-0.39, 0.29) is 24.2 Å². The smallest absolute Gasteiger partial charge is 0.273 e. The van der Waals surface area contributed by atoms with Gasteiger partial charge < -0.3 is 19.2 Å². The van der Waals surface area contributed by atoms with Gasteiger partial charge in [0.2, 0.25) is 5.89 Å². The Morgan fingerprint density at radius 1 is 1.32 bits per heavy atom. The maximum atomic E-state index is 12.5. The van der Waals surface area contributed by atoms with Crippen molar-refractivity contribution in [3.63, 3.8) is 0 Å². The first kappa shape index (κ1) is 19.5. The van der Waals surface area contributed by atoms with E-state index in [1.54, 1.807) is 11.8 Å². The lowest BCUT2D eigenvalue weighted by Gasteiger charge is -2.11. The highest BCUT2D eigenvalue weighted by Gasteiger charge is 2.18. The average molecular weight is 384 g/mol. The molecule has 3 rings (SSSR count). The molecule has 3 aromatic rings. The number of methoxy groups -OCH3 is 1. The second kappa shape index (κ2) is 8.16. The molecular weight excluding hydrogens is 360 g/mol. The van der Waals surface area contributed by atoms with Crippen LogP contribution in [0.1, 0.15) is 46.2 Å². The Kier molecular flexibility index (Phi) is 5.67. The lowest BCUT2D eigenvalue weighted by Crippen LogP contribution is -2.27. The Hall–Kier alpha value is -3.29. The van der Waals surface area contributed by atoms with Crippen LogP contribution in [-0.4, -0.2) is 27.8 Å². The second-order valence-corrected chi connectivity index (χ2v) is 6.61. The summed E-state index contributed by atoms with van der Waals surface area (Å²) in [5, 5.41) is 7.20. The van der Waals surface area contributed by atoms with Crippen molar-refractivity contribution in [2.45, 2.75) is 33.4 Å². The van der Waals surface area contributed by atoms with E-state index in [4.69, 9.17) is 13.9 Å². The third-order valence-electron chi connectivity index (χ3n) is 4.32. The number of carbonyl (C=O) groups is 1.